The van der Waals surface area contributed by atoms with E-state index < -0.39 is 5.97 Å². The summed E-state index contributed by atoms with van der Waals surface area (Å²) < 4.78 is 31.6. The molecule has 0 aliphatic carbocycles. The van der Waals surface area contributed by atoms with Crippen molar-refractivity contribution >= 4 is 18.1 Å². The first kappa shape index (κ1) is 34.2. The van der Waals surface area contributed by atoms with Crippen molar-refractivity contribution in [2.45, 2.75) is 46.1 Å². The van der Waals surface area contributed by atoms with Gasteiger partial charge >= 0.3 is 5.97 Å². The number of anilines is 1. The number of carbonyl (C=O) groups excluding carboxylic acids is 2. The molecule has 0 bridgehead atoms. The molecule has 0 saturated carbocycles. The smallest absolute Gasteiger partial charge is 0.309 e. The van der Waals surface area contributed by atoms with Crippen molar-refractivity contribution in [1.29, 1.82) is 0 Å². The zero-order chi connectivity index (χ0) is 29.8. The molecule has 0 spiro atoms. The number of ether oxygens (including phenoxy) is 6. The normalized spacial score (nSPS) is 11.3. The average molecular weight is 574 g/mol. The Morgan fingerprint density at radius 1 is 0.780 bits per heavy atom. The summed E-state index contributed by atoms with van der Waals surface area (Å²) in [5.74, 6) is -0.432. The Morgan fingerprint density at radius 3 is 1.93 bits per heavy atom. The van der Waals surface area contributed by atoms with Gasteiger partial charge in [0.25, 0.3) is 6.47 Å². The molecule has 228 valence electrons. The highest BCUT2D eigenvalue weighted by molar-refractivity contribution is 5.69. The maximum atomic E-state index is 11.3. The lowest BCUT2D eigenvalue weighted by atomic mass is 9.87. The van der Waals surface area contributed by atoms with E-state index in [1.54, 1.807) is 0 Å². The van der Waals surface area contributed by atoms with Crippen LogP contribution in [-0.4, -0.2) is 85.1 Å². The first-order valence-corrected chi connectivity index (χ1v) is 14.2. The Kier molecular flexibility index (Phi) is 16.7. The molecule has 0 saturated heterocycles. The average Bonchev–Trinajstić information content (AvgIpc) is 2.94. The summed E-state index contributed by atoms with van der Waals surface area (Å²) in [6.07, 6.45) is 0.0334. The molecule has 0 aliphatic heterocycles. The molecule has 0 radical (unpaired) electrons. The van der Waals surface area contributed by atoms with Crippen molar-refractivity contribution in [2.24, 2.45) is 0 Å². The molecule has 0 atom stereocenters. The van der Waals surface area contributed by atoms with E-state index in [0.717, 1.165) is 13.1 Å². The number of esters is 1. The van der Waals surface area contributed by atoms with Crippen LogP contribution in [0.15, 0.2) is 48.5 Å². The molecule has 2 rings (SSSR count). The van der Waals surface area contributed by atoms with Crippen LogP contribution >= 0.6 is 0 Å². The van der Waals surface area contributed by atoms with Gasteiger partial charge in [0.1, 0.15) is 13.2 Å². The maximum absolute atomic E-state index is 11.3. The second-order valence-corrected chi connectivity index (χ2v) is 10.6. The van der Waals surface area contributed by atoms with Crippen molar-refractivity contribution in [2.75, 3.05) is 77.5 Å². The van der Waals surface area contributed by atoms with Crippen molar-refractivity contribution < 1.29 is 38.0 Å². The van der Waals surface area contributed by atoms with Crippen LogP contribution in [0.5, 0.6) is 0 Å². The van der Waals surface area contributed by atoms with Crippen LogP contribution < -0.4 is 4.90 Å². The molecule has 0 unspecified atom stereocenters. The predicted molar refractivity (Wildman–Crippen MR) is 158 cm³/mol. The van der Waals surface area contributed by atoms with Gasteiger partial charge in [0.2, 0.25) is 0 Å². The number of benzene rings is 2. The molecular weight excluding hydrogens is 526 g/mol. The molecule has 0 aromatic heterocycles. The highest BCUT2D eigenvalue weighted by atomic mass is 16.6. The van der Waals surface area contributed by atoms with Crippen LogP contribution in [0.4, 0.5) is 5.69 Å². The van der Waals surface area contributed by atoms with Crippen LogP contribution in [0, 0.1) is 6.92 Å². The van der Waals surface area contributed by atoms with E-state index in [0.29, 0.717) is 52.7 Å². The van der Waals surface area contributed by atoms with Gasteiger partial charge in [0.05, 0.1) is 59.3 Å². The van der Waals surface area contributed by atoms with Crippen LogP contribution in [0.2, 0.25) is 0 Å². The van der Waals surface area contributed by atoms with Crippen LogP contribution in [-0.2, 0) is 50.0 Å². The number of hydrogen-bond acceptors (Lipinski definition) is 9. The van der Waals surface area contributed by atoms with E-state index in [1.807, 2.05) is 0 Å². The zero-order valence-corrected chi connectivity index (χ0v) is 25.1. The summed E-state index contributed by atoms with van der Waals surface area (Å²) in [5, 5.41) is 0. The molecule has 0 fully saturated rings. The van der Waals surface area contributed by atoms with Gasteiger partial charge in [-0.2, -0.15) is 0 Å². The summed E-state index contributed by atoms with van der Waals surface area (Å²) in [7, 11) is 0. The van der Waals surface area contributed by atoms with Crippen molar-refractivity contribution in [3.05, 3.63) is 65.2 Å². The third-order valence-corrected chi connectivity index (χ3v) is 6.16. The van der Waals surface area contributed by atoms with Gasteiger partial charge in [0, 0.05) is 18.8 Å². The third-order valence-electron chi connectivity index (χ3n) is 6.16. The van der Waals surface area contributed by atoms with Crippen LogP contribution in [0.1, 0.15) is 43.9 Å². The standard InChI is InChI=1S/C32H47NO8/c1-27-6-5-7-30(24-27)33(25-28-8-10-29(11-9-28)32(2,3)4)13-15-36-16-17-37-18-19-38-20-21-39-22-23-41-31(35)12-14-40-26-34/h5-11,24,26H,12-23,25H2,1-4H3. The van der Waals surface area contributed by atoms with E-state index in [1.165, 1.54) is 22.4 Å². The number of rotatable bonds is 22. The van der Waals surface area contributed by atoms with E-state index in [-0.39, 0.29) is 31.7 Å². The fourth-order valence-corrected chi connectivity index (χ4v) is 3.87. The molecule has 9 heteroatoms. The predicted octanol–water partition coefficient (Wildman–Crippen LogP) is 4.47. The first-order valence-electron chi connectivity index (χ1n) is 14.2. The van der Waals surface area contributed by atoms with Gasteiger partial charge < -0.3 is 33.3 Å². The maximum Gasteiger partial charge on any atom is 0.309 e. The van der Waals surface area contributed by atoms with Crippen LogP contribution in [0.25, 0.3) is 0 Å². The molecule has 41 heavy (non-hydrogen) atoms. The molecule has 2 aromatic rings. The Labute approximate surface area is 245 Å². The summed E-state index contributed by atoms with van der Waals surface area (Å²) >= 11 is 0. The lowest BCUT2D eigenvalue weighted by molar-refractivity contribution is -0.147. The molecule has 0 amide bonds. The van der Waals surface area contributed by atoms with Crippen molar-refractivity contribution in [3.63, 3.8) is 0 Å². The minimum Gasteiger partial charge on any atom is -0.467 e. The SMILES string of the molecule is Cc1cccc(N(CCOCCOCCOCCOCCOC(=O)CCOC=O)Cc2ccc(C(C)(C)C)cc2)c1. The lowest BCUT2D eigenvalue weighted by Crippen LogP contribution is -2.27. The Hall–Kier alpha value is -2.98. The van der Waals surface area contributed by atoms with E-state index in [4.69, 9.17) is 23.7 Å². The van der Waals surface area contributed by atoms with Gasteiger partial charge in [-0.05, 0) is 41.2 Å². The van der Waals surface area contributed by atoms with Gasteiger partial charge in [-0.25, -0.2) is 0 Å². The summed E-state index contributed by atoms with van der Waals surface area (Å²) in [6.45, 7) is 14.5. The van der Waals surface area contributed by atoms with Gasteiger partial charge in [0.15, 0.2) is 0 Å². The second-order valence-electron chi connectivity index (χ2n) is 10.6. The van der Waals surface area contributed by atoms with Crippen LogP contribution in [0.3, 0.4) is 0 Å². The fourth-order valence-electron chi connectivity index (χ4n) is 3.87. The third kappa shape index (κ3) is 15.6. The first-order chi connectivity index (χ1) is 19.8. The Balaban J connectivity index is 1.54. The van der Waals surface area contributed by atoms with Crippen molar-refractivity contribution in [1.82, 2.24) is 0 Å². The number of aryl methyl sites for hydroxylation is 1. The fraction of sp³-hybridized carbons (Fsp3) is 0.562. The van der Waals surface area contributed by atoms with E-state index in [2.05, 4.69) is 85.9 Å². The minimum absolute atomic E-state index is 0.0192. The summed E-state index contributed by atoms with van der Waals surface area (Å²) in [6, 6.07) is 17.5. The number of nitrogens with zero attached hydrogens (tertiary/aromatic N) is 1. The summed E-state index contributed by atoms with van der Waals surface area (Å²) in [4.78, 5) is 23.7. The Morgan fingerprint density at radius 2 is 1.37 bits per heavy atom. The summed E-state index contributed by atoms with van der Waals surface area (Å²) in [5.41, 5.74) is 5.17. The van der Waals surface area contributed by atoms with Crippen molar-refractivity contribution in [3.8, 4) is 0 Å². The van der Waals surface area contributed by atoms with E-state index >= 15 is 0 Å². The van der Waals surface area contributed by atoms with Gasteiger partial charge in [-0.15, -0.1) is 0 Å². The zero-order valence-electron chi connectivity index (χ0n) is 25.1. The molecule has 2 aromatic carbocycles. The van der Waals surface area contributed by atoms with Gasteiger partial charge in [-0.1, -0.05) is 57.2 Å². The lowest BCUT2D eigenvalue weighted by Gasteiger charge is -2.26. The number of carbonyl (C=O) groups is 2. The van der Waals surface area contributed by atoms with Gasteiger partial charge in [-0.3, -0.25) is 9.59 Å². The second kappa shape index (κ2) is 20.0. The Bertz CT molecular complexity index is 990. The molecule has 0 heterocycles. The highest BCUT2D eigenvalue weighted by Gasteiger charge is 2.14. The minimum atomic E-state index is -0.432. The topological polar surface area (TPSA) is 92.8 Å². The molecular formula is C32H47NO8. The molecule has 9 nitrogen and oxygen atoms in total. The number of hydrogen-bond donors (Lipinski definition) is 0. The largest absolute Gasteiger partial charge is 0.467 e. The van der Waals surface area contributed by atoms with E-state index in [9.17, 15) is 9.59 Å². The molecule has 0 aliphatic rings. The quantitative estimate of drug-likeness (QED) is 0.115. The highest BCUT2D eigenvalue weighted by Crippen LogP contribution is 2.24. The molecule has 0 N–H and O–H groups in total. The monoisotopic (exact) mass is 573 g/mol.